The van der Waals surface area contributed by atoms with Gasteiger partial charge in [0.05, 0.1) is 13.7 Å². The van der Waals surface area contributed by atoms with E-state index in [0.717, 1.165) is 31.6 Å². The summed E-state index contributed by atoms with van der Waals surface area (Å²) in [6.07, 6.45) is 2.15. The molecule has 0 unspecified atom stereocenters. The predicted octanol–water partition coefficient (Wildman–Crippen LogP) is 2.91. The fourth-order valence-electron chi connectivity index (χ4n) is 2.74. The number of hydrogen-bond acceptors (Lipinski definition) is 5. The molecule has 1 N–H and O–H groups in total. The third kappa shape index (κ3) is 3.59. The predicted molar refractivity (Wildman–Crippen MR) is 89.0 cm³/mol. The number of carbonyl (C=O) groups is 2. The second-order valence-electron chi connectivity index (χ2n) is 5.69. The van der Waals surface area contributed by atoms with Crippen LogP contribution in [0.4, 0.5) is 5.69 Å². The van der Waals surface area contributed by atoms with Crippen LogP contribution in [0.1, 0.15) is 39.5 Å². The maximum Gasteiger partial charge on any atom is 0.373 e. The number of hydrogen-bond donors (Lipinski definition) is 1. The van der Waals surface area contributed by atoms with Crippen LogP contribution in [0.5, 0.6) is 0 Å². The highest BCUT2D eigenvalue weighted by atomic mass is 16.5. The number of benzene rings is 1. The molecule has 0 saturated carbocycles. The SMILES string of the molecule is COC(=O)c1ccc(CNc2cccc(C(=O)N3CCCC3)c2)o1. The molecule has 0 aliphatic carbocycles. The summed E-state index contributed by atoms with van der Waals surface area (Å²) < 4.78 is 10.0. The summed E-state index contributed by atoms with van der Waals surface area (Å²) in [4.78, 5) is 25.7. The maximum atomic E-state index is 12.4. The number of amides is 1. The lowest BCUT2D eigenvalue weighted by atomic mass is 10.1. The lowest BCUT2D eigenvalue weighted by Gasteiger charge is -2.15. The van der Waals surface area contributed by atoms with Gasteiger partial charge in [-0.2, -0.15) is 0 Å². The zero-order chi connectivity index (χ0) is 16.9. The van der Waals surface area contributed by atoms with Gasteiger partial charge in [-0.3, -0.25) is 4.79 Å². The number of nitrogens with one attached hydrogen (secondary N) is 1. The van der Waals surface area contributed by atoms with Gasteiger partial charge >= 0.3 is 5.97 Å². The van der Waals surface area contributed by atoms with E-state index < -0.39 is 5.97 Å². The van der Waals surface area contributed by atoms with E-state index in [1.165, 1.54) is 7.11 Å². The van der Waals surface area contributed by atoms with Gasteiger partial charge < -0.3 is 19.4 Å². The Morgan fingerprint density at radius 1 is 1.21 bits per heavy atom. The number of carbonyl (C=O) groups excluding carboxylic acids is 2. The van der Waals surface area contributed by atoms with Gasteiger partial charge in [-0.1, -0.05) is 6.07 Å². The number of anilines is 1. The molecule has 0 radical (unpaired) electrons. The van der Waals surface area contributed by atoms with E-state index in [4.69, 9.17) is 4.42 Å². The van der Waals surface area contributed by atoms with Crippen molar-refractivity contribution in [3.63, 3.8) is 0 Å². The van der Waals surface area contributed by atoms with Gasteiger partial charge in [0.1, 0.15) is 5.76 Å². The normalized spacial score (nSPS) is 13.8. The molecule has 0 bridgehead atoms. The zero-order valence-corrected chi connectivity index (χ0v) is 13.6. The Bertz CT molecular complexity index is 732. The van der Waals surface area contributed by atoms with E-state index >= 15 is 0 Å². The quantitative estimate of drug-likeness (QED) is 0.855. The van der Waals surface area contributed by atoms with Gasteiger partial charge in [-0.05, 0) is 43.2 Å². The monoisotopic (exact) mass is 328 g/mol. The molecule has 6 nitrogen and oxygen atoms in total. The number of furan rings is 1. The first kappa shape index (κ1) is 16.1. The van der Waals surface area contributed by atoms with Crippen LogP contribution in [0.15, 0.2) is 40.8 Å². The van der Waals surface area contributed by atoms with E-state index in [0.29, 0.717) is 17.9 Å². The van der Waals surface area contributed by atoms with Gasteiger partial charge in [0.25, 0.3) is 5.91 Å². The topological polar surface area (TPSA) is 71.8 Å². The van der Waals surface area contributed by atoms with Crippen molar-refractivity contribution in [2.75, 3.05) is 25.5 Å². The molecule has 0 spiro atoms. The Hall–Kier alpha value is -2.76. The Balaban J connectivity index is 1.63. The molecule has 2 aromatic rings. The molecule has 1 aromatic heterocycles. The van der Waals surface area contributed by atoms with Crippen molar-refractivity contribution in [3.05, 3.63) is 53.5 Å². The fraction of sp³-hybridized carbons (Fsp3) is 0.333. The first-order valence-corrected chi connectivity index (χ1v) is 7.97. The summed E-state index contributed by atoms with van der Waals surface area (Å²) in [5.74, 6) is 0.362. The Labute approximate surface area is 140 Å². The van der Waals surface area contributed by atoms with Crippen LogP contribution in [-0.4, -0.2) is 37.0 Å². The first-order valence-electron chi connectivity index (χ1n) is 7.97. The van der Waals surface area contributed by atoms with Crippen molar-refractivity contribution in [2.45, 2.75) is 19.4 Å². The number of nitrogens with zero attached hydrogens (tertiary/aromatic N) is 1. The van der Waals surface area contributed by atoms with Gasteiger partial charge in [0.2, 0.25) is 5.76 Å². The van der Waals surface area contributed by atoms with Crippen molar-refractivity contribution in [2.24, 2.45) is 0 Å². The summed E-state index contributed by atoms with van der Waals surface area (Å²) in [6, 6.07) is 10.7. The highest BCUT2D eigenvalue weighted by Crippen LogP contribution is 2.17. The molecule has 3 rings (SSSR count). The van der Waals surface area contributed by atoms with Crippen molar-refractivity contribution < 1.29 is 18.7 Å². The molecule has 1 fully saturated rings. The number of ether oxygens (including phenoxy) is 1. The van der Waals surface area contributed by atoms with Crippen LogP contribution in [0.3, 0.4) is 0 Å². The maximum absolute atomic E-state index is 12.4. The summed E-state index contributed by atoms with van der Waals surface area (Å²) in [7, 11) is 1.31. The minimum atomic E-state index is -0.501. The average molecular weight is 328 g/mol. The standard InChI is InChI=1S/C18H20N2O4/c1-23-18(22)16-8-7-15(24-16)12-19-14-6-4-5-13(11-14)17(21)20-9-2-3-10-20/h4-8,11,19H,2-3,9-10,12H2,1H3. The Morgan fingerprint density at radius 2 is 2.00 bits per heavy atom. The molecule has 1 aromatic carbocycles. The Kier molecular flexibility index (Phi) is 4.84. The number of likely N-dealkylation sites (tertiary alicyclic amines) is 1. The van der Waals surface area contributed by atoms with Gasteiger partial charge in [-0.15, -0.1) is 0 Å². The second-order valence-corrected chi connectivity index (χ2v) is 5.69. The molecule has 1 saturated heterocycles. The van der Waals surface area contributed by atoms with Crippen molar-refractivity contribution in [1.29, 1.82) is 0 Å². The summed E-state index contributed by atoms with van der Waals surface area (Å²) in [5.41, 5.74) is 1.51. The van der Waals surface area contributed by atoms with Crippen LogP contribution >= 0.6 is 0 Å². The summed E-state index contributed by atoms with van der Waals surface area (Å²) in [6.45, 7) is 2.08. The fourth-order valence-corrected chi connectivity index (χ4v) is 2.74. The van der Waals surface area contributed by atoms with E-state index in [-0.39, 0.29) is 11.7 Å². The van der Waals surface area contributed by atoms with Gasteiger partial charge in [-0.25, -0.2) is 4.79 Å². The number of esters is 1. The van der Waals surface area contributed by atoms with Crippen molar-refractivity contribution in [1.82, 2.24) is 4.90 Å². The van der Waals surface area contributed by atoms with E-state index in [9.17, 15) is 9.59 Å². The number of rotatable bonds is 5. The lowest BCUT2D eigenvalue weighted by Crippen LogP contribution is -2.27. The second kappa shape index (κ2) is 7.21. The molecule has 2 heterocycles. The lowest BCUT2D eigenvalue weighted by molar-refractivity contribution is 0.0563. The van der Waals surface area contributed by atoms with Gasteiger partial charge in [0, 0.05) is 24.3 Å². The zero-order valence-electron chi connectivity index (χ0n) is 13.6. The molecular formula is C18H20N2O4. The van der Waals surface area contributed by atoms with Gasteiger partial charge in [0.15, 0.2) is 0 Å². The van der Waals surface area contributed by atoms with Crippen LogP contribution in [-0.2, 0) is 11.3 Å². The van der Waals surface area contributed by atoms with E-state index in [1.54, 1.807) is 12.1 Å². The van der Waals surface area contributed by atoms with Crippen LogP contribution in [0, 0.1) is 0 Å². The third-order valence-corrected chi connectivity index (χ3v) is 4.02. The highest BCUT2D eigenvalue weighted by Gasteiger charge is 2.19. The minimum Gasteiger partial charge on any atom is -0.463 e. The van der Waals surface area contributed by atoms with Crippen LogP contribution < -0.4 is 5.32 Å². The average Bonchev–Trinajstić information content (AvgIpc) is 3.30. The molecule has 1 aliphatic heterocycles. The summed E-state index contributed by atoms with van der Waals surface area (Å²) >= 11 is 0. The molecule has 1 amide bonds. The van der Waals surface area contributed by atoms with Crippen LogP contribution in [0.2, 0.25) is 0 Å². The molecule has 24 heavy (non-hydrogen) atoms. The molecule has 6 heteroatoms. The summed E-state index contributed by atoms with van der Waals surface area (Å²) in [5, 5.41) is 3.20. The Morgan fingerprint density at radius 3 is 2.75 bits per heavy atom. The van der Waals surface area contributed by atoms with Crippen LogP contribution in [0.25, 0.3) is 0 Å². The van der Waals surface area contributed by atoms with E-state index in [2.05, 4.69) is 10.1 Å². The largest absolute Gasteiger partial charge is 0.463 e. The van der Waals surface area contributed by atoms with Crippen molar-refractivity contribution >= 4 is 17.6 Å². The van der Waals surface area contributed by atoms with E-state index in [1.807, 2.05) is 29.2 Å². The molecule has 1 aliphatic rings. The molecular weight excluding hydrogens is 308 g/mol. The smallest absolute Gasteiger partial charge is 0.373 e. The van der Waals surface area contributed by atoms with Crippen molar-refractivity contribution in [3.8, 4) is 0 Å². The highest BCUT2D eigenvalue weighted by molar-refractivity contribution is 5.95. The number of methoxy groups -OCH3 is 1. The minimum absolute atomic E-state index is 0.0714. The third-order valence-electron chi connectivity index (χ3n) is 4.02. The first-order chi connectivity index (χ1) is 11.7. The molecule has 0 atom stereocenters. The molecule has 126 valence electrons.